The van der Waals surface area contributed by atoms with Gasteiger partial charge in [-0.3, -0.25) is 9.69 Å². The van der Waals surface area contributed by atoms with Crippen LogP contribution >= 0.6 is 11.3 Å². The van der Waals surface area contributed by atoms with Gasteiger partial charge in [0.1, 0.15) is 0 Å². The number of nitrogens with zero attached hydrogens (tertiary/aromatic N) is 1. The van der Waals surface area contributed by atoms with Gasteiger partial charge < -0.3 is 10.4 Å². The number of carbonyl (C=O) groups excluding carboxylic acids is 1. The number of amides is 1. The zero-order chi connectivity index (χ0) is 15.5. The molecule has 1 heterocycles. The summed E-state index contributed by atoms with van der Waals surface area (Å²) in [4.78, 5) is 15.7. The average Bonchev–Trinajstić information content (AvgIpc) is 3.10. The molecule has 118 valence electrons. The second-order valence-electron chi connectivity index (χ2n) is 6.81. The van der Waals surface area contributed by atoms with E-state index in [1.807, 2.05) is 11.4 Å². The Balaban J connectivity index is 1.98. The maximum atomic E-state index is 12.4. The number of hydrogen-bond acceptors (Lipinski definition) is 4. The van der Waals surface area contributed by atoms with E-state index in [0.717, 1.165) is 12.8 Å². The maximum absolute atomic E-state index is 12.4. The first kappa shape index (κ1) is 16.5. The second-order valence-corrected chi connectivity index (χ2v) is 7.79. The van der Waals surface area contributed by atoms with Crippen molar-refractivity contribution in [2.75, 3.05) is 19.7 Å². The standard InChI is InChI=1S/C16H26N2O2S/c1-16(2,3)15(13-5-4-10-21-13)17-14(20)11-18(8-9-19)12-6-7-12/h4-5,10,12,15,19H,6-9,11H2,1-3H3,(H,17,20). The lowest BCUT2D eigenvalue weighted by Crippen LogP contribution is -2.43. The molecule has 0 radical (unpaired) electrons. The molecule has 5 heteroatoms. The van der Waals surface area contributed by atoms with Gasteiger partial charge in [-0.05, 0) is 29.7 Å². The Kier molecular flexibility index (Phi) is 5.41. The Morgan fingerprint density at radius 1 is 1.52 bits per heavy atom. The molecule has 0 bridgehead atoms. The molecule has 0 saturated heterocycles. The average molecular weight is 310 g/mol. The topological polar surface area (TPSA) is 52.6 Å². The Bertz CT molecular complexity index is 449. The monoisotopic (exact) mass is 310 g/mol. The second kappa shape index (κ2) is 6.90. The molecule has 2 N–H and O–H groups in total. The molecule has 0 aliphatic heterocycles. The third-order valence-corrected chi connectivity index (χ3v) is 4.73. The van der Waals surface area contributed by atoms with Crippen molar-refractivity contribution >= 4 is 17.2 Å². The Labute approximate surface area is 131 Å². The van der Waals surface area contributed by atoms with Crippen LogP contribution in [0.3, 0.4) is 0 Å². The van der Waals surface area contributed by atoms with Gasteiger partial charge in [-0.25, -0.2) is 0 Å². The number of hydrogen-bond donors (Lipinski definition) is 2. The van der Waals surface area contributed by atoms with Gasteiger partial charge >= 0.3 is 0 Å². The Hall–Kier alpha value is -0.910. The van der Waals surface area contributed by atoms with Crippen molar-refractivity contribution in [1.29, 1.82) is 0 Å². The van der Waals surface area contributed by atoms with Crippen molar-refractivity contribution < 1.29 is 9.90 Å². The van der Waals surface area contributed by atoms with Crippen LogP contribution in [0.1, 0.15) is 44.5 Å². The summed E-state index contributed by atoms with van der Waals surface area (Å²) in [5.74, 6) is 0.0451. The first-order valence-electron chi connectivity index (χ1n) is 7.59. The van der Waals surface area contributed by atoms with Gasteiger partial charge in [-0.2, -0.15) is 0 Å². The Morgan fingerprint density at radius 2 is 2.24 bits per heavy atom. The zero-order valence-corrected chi connectivity index (χ0v) is 13.9. The molecule has 21 heavy (non-hydrogen) atoms. The lowest BCUT2D eigenvalue weighted by atomic mass is 9.85. The predicted octanol–water partition coefficient (Wildman–Crippen LogP) is 2.41. The summed E-state index contributed by atoms with van der Waals surface area (Å²) in [5, 5.41) is 14.3. The molecule has 1 aliphatic carbocycles. The fourth-order valence-electron chi connectivity index (χ4n) is 2.52. The van der Waals surface area contributed by atoms with E-state index in [2.05, 4.69) is 37.1 Å². The molecule has 1 saturated carbocycles. The van der Waals surface area contributed by atoms with Gasteiger partial charge in [0.05, 0.1) is 19.2 Å². The van der Waals surface area contributed by atoms with Crippen LogP contribution in [0.5, 0.6) is 0 Å². The van der Waals surface area contributed by atoms with Crippen LogP contribution in [0, 0.1) is 5.41 Å². The van der Waals surface area contributed by atoms with E-state index in [9.17, 15) is 4.79 Å². The van der Waals surface area contributed by atoms with E-state index >= 15 is 0 Å². The summed E-state index contributed by atoms with van der Waals surface area (Å²) in [7, 11) is 0. The van der Waals surface area contributed by atoms with Crippen LogP contribution in [0.15, 0.2) is 17.5 Å². The van der Waals surface area contributed by atoms with E-state index in [1.54, 1.807) is 11.3 Å². The van der Waals surface area contributed by atoms with E-state index in [1.165, 1.54) is 4.88 Å². The molecule has 2 rings (SSSR count). The Morgan fingerprint density at radius 3 is 2.71 bits per heavy atom. The van der Waals surface area contributed by atoms with Crippen LogP contribution in [-0.2, 0) is 4.79 Å². The van der Waals surface area contributed by atoms with Crippen LogP contribution in [0.25, 0.3) is 0 Å². The summed E-state index contributed by atoms with van der Waals surface area (Å²) in [6.07, 6.45) is 2.28. The largest absolute Gasteiger partial charge is 0.395 e. The molecular weight excluding hydrogens is 284 g/mol. The molecule has 1 unspecified atom stereocenters. The number of thiophene rings is 1. The van der Waals surface area contributed by atoms with Crippen LogP contribution in [0.4, 0.5) is 0 Å². The fourth-order valence-corrected chi connectivity index (χ4v) is 3.54. The lowest BCUT2D eigenvalue weighted by molar-refractivity contribution is -0.124. The van der Waals surface area contributed by atoms with Gasteiger partial charge in [-0.15, -0.1) is 11.3 Å². The SMILES string of the molecule is CC(C)(C)C(NC(=O)CN(CCO)C1CC1)c1cccs1. The number of aliphatic hydroxyl groups excluding tert-OH is 1. The number of carbonyl (C=O) groups is 1. The van der Waals surface area contributed by atoms with E-state index < -0.39 is 0 Å². The molecule has 1 aliphatic rings. The number of aliphatic hydroxyl groups is 1. The van der Waals surface area contributed by atoms with Crippen molar-refractivity contribution in [3.63, 3.8) is 0 Å². The van der Waals surface area contributed by atoms with Crippen molar-refractivity contribution in [3.8, 4) is 0 Å². The molecule has 0 spiro atoms. The van der Waals surface area contributed by atoms with Crippen LogP contribution in [0.2, 0.25) is 0 Å². The maximum Gasteiger partial charge on any atom is 0.234 e. The van der Waals surface area contributed by atoms with E-state index in [0.29, 0.717) is 19.1 Å². The highest BCUT2D eigenvalue weighted by Crippen LogP contribution is 2.35. The number of rotatable bonds is 7. The lowest BCUT2D eigenvalue weighted by Gasteiger charge is -2.31. The van der Waals surface area contributed by atoms with Crippen LogP contribution in [-0.4, -0.2) is 41.7 Å². The molecule has 4 nitrogen and oxygen atoms in total. The van der Waals surface area contributed by atoms with Crippen molar-refractivity contribution in [1.82, 2.24) is 10.2 Å². The minimum atomic E-state index is -0.0259. The van der Waals surface area contributed by atoms with Gasteiger partial charge in [0.2, 0.25) is 5.91 Å². The normalized spacial score (nSPS) is 17.0. The first-order valence-corrected chi connectivity index (χ1v) is 8.47. The zero-order valence-electron chi connectivity index (χ0n) is 13.1. The van der Waals surface area contributed by atoms with Crippen molar-refractivity contribution in [2.45, 2.75) is 45.7 Å². The fraction of sp³-hybridized carbons (Fsp3) is 0.688. The minimum absolute atomic E-state index is 0.0259. The summed E-state index contributed by atoms with van der Waals surface area (Å²) >= 11 is 1.68. The quantitative estimate of drug-likeness (QED) is 0.813. The van der Waals surface area contributed by atoms with E-state index in [-0.39, 0.29) is 24.0 Å². The third-order valence-electron chi connectivity index (χ3n) is 3.80. The number of nitrogens with one attached hydrogen (secondary N) is 1. The van der Waals surface area contributed by atoms with Gasteiger partial charge in [-0.1, -0.05) is 26.8 Å². The summed E-state index contributed by atoms with van der Waals surface area (Å²) in [6, 6.07) is 4.61. The smallest absolute Gasteiger partial charge is 0.234 e. The molecule has 0 aromatic carbocycles. The van der Waals surface area contributed by atoms with Crippen molar-refractivity contribution in [2.24, 2.45) is 5.41 Å². The molecule has 1 fully saturated rings. The highest BCUT2D eigenvalue weighted by atomic mass is 32.1. The van der Waals surface area contributed by atoms with Gasteiger partial charge in [0, 0.05) is 17.5 Å². The molecular formula is C16H26N2O2S. The highest BCUT2D eigenvalue weighted by Gasteiger charge is 2.32. The first-order chi connectivity index (χ1) is 9.91. The third kappa shape index (κ3) is 4.80. The molecule has 1 amide bonds. The van der Waals surface area contributed by atoms with Gasteiger partial charge in [0.15, 0.2) is 0 Å². The van der Waals surface area contributed by atoms with Crippen molar-refractivity contribution in [3.05, 3.63) is 22.4 Å². The van der Waals surface area contributed by atoms with Crippen LogP contribution < -0.4 is 5.32 Å². The van der Waals surface area contributed by atoms with E-state index in [4.69, 9.17) is 5.11 Å². The summed E-state index contributed by atoms with van der Waals surface area (Å²) in [5.41, 5.74) is -0.0259. The predicted molar refractivity (Wildman–Crippen MR) is 86.3 cm³/mol. The summed E-state index contributed by atoms with van der Waals surface area (Å²) in [6.45, 7) is 7.50. The van der Waals surface area contributed by atoms with Gasteiger partial charge in [0.25, 0.3) is 0 Å². The highest BCUT2D eigenvalue weighted by molar-refractivity contribution is 7.10. The molecule has 1 aromatic rings. The molecule has 1 aromatic heterocycles. The molecule has 1 atom stereocenters. The minimum Gasteiger partial charge on any atom is -0.395 e. The summed E-state index contributed by atoms with van der Waals surface area (Å²) < 4.78 is 0.